The molecule has 2 heterocycles. The van der Waals surface area contributed by atoms with Crippen LogP contribution in [0.3, 0.4) is 0 Å². The predicted octanol–water partition coefficient (Wildman–Crippen LogP) is 2.83. The van der Waals surface area contributed by atoms with E-state index in [1.54, 1.807) is 16.2 Å². The van der Waals surface area contributed by atoms with E-state index >= 15 is 0 Å². The molecule has 6 heteroatoms. The molecule has 0 bridgehead atoms. The van der Waals surface area contributed by atoms with Crippen LogP contribution in [0.4, 0.5) is 0 Å². The summed E-state index contributed by atoms with van der Waals surface area (Å²) in [4.78, 5) is 19.9. The maximum Gasteiger partial charge on any atom is 0.273 e. The minimum absolute atomic E-state index is 0.00527. The second kappa shape index (κ2) is 7.01. The van der Waals surface area contributed by atoms with Gasteiger partial charge in [-0.05, 0) is 32.8 Å². The summed E-state index contributed by atoms with van der Waals surface area (Å²) in [5.74, 6) is -0.00527. The van der Waals surface area contributed by atoms with Gasteiger partial charge in [-0.3, -0.25) is 10.2 Å². The van der Waals surface area contributed by atoms with Crippen molar-refractivity contribution in [1.29, 1.82) is 0 Å². The number of hydrazine groups is 1. The lowest BCUT2D eigenvalue weighted by Crippen LogP contribution is -2.48. The van der Waals surface area contributed by atoms with Crippen molar-refractivity contribution in [3.63, 3.8) is 0 Å². The Labute approximate surface area is 147 Å². The third-order valence-electron chi connectivity index (χ3n) is 4.75. The van der Waals surface area contributed by atoms with E-state index in [-0.39, 0.29) is 24.0 Å². The number of hydrogen-bond donors (Lipinski definition) is 2. The first-order valence-corrected chi connectivity index (χ1v) is 9.06. The molecule has 1 aromatic carbocycles. The van der Waals surface area contributed by atoms with Gasteiger partial charge in [-0.1, -0.05) is 30.3 Å². The van der Waals surface area contributed by atoms with Crippen molar-refractivity contribution in [3.05, 3.63) is 51.5 Å². The number of hydrogen-bond acceptors (Lipinski definition) is 5. The minimum atomic E-state index is -0.00527. The Hall–Kier alpha value is -1.76. The molecular weight excluding hydrogens is 320 g/mol. The van der Waals surface area contributed by atoms with Crippen molar-refractivity contribution in [2.45, 2.75) is 45.3 Å². The number of thiazole rings is 1. The quantitative estimate of drug-likeness (QED) is 0.895. The maximum atomic E-state index is 12.8. The normalized spacial score (nSPS) is 21.7. The molecule has 3 unspecified atom stereocenters. The largest absolute Gasteiger partial charge is 0.336 e. The van der Waals surface area contributed by atoms with E-state index in [0.29, 0.717) is 5.69 Å². The Kier molecular flexibility index (Phi) is 4.99. The Balaban J connectivity index is 1.67. The molecule has 3 atom stereocenters. The van der Waals surface area contributed by atoms with Crippen molar-refractivity contribution in [2.75, 3.05) is 7.05 Å². The highest BCUT2D eigenvalue weighted by Gasteiger charge is 2.33. The summed E-state index contributed by atoms with van der Waals surface area (Å²) in [7, 11) is 1.86. The van der Waals surface area contributed by atoms with Crippen LogP contribution < -0.4 is 10.9 Å². The highest BCUT2D eigenvalue weighted by molar-refractivity contribution is 7.11. The third-order valence-corrected chi connectivity index (χ3v) is 5.64. The van der Waals surface area contributed by atoms with Gasteiger partial charge in [-0.15, -0.1) is 11.3 Å². The molecule has 2 aromatic rings. The zero-order valence-electron chi connectivity index (χ0n) is 14.5. The van der Waals surface area contributed by atoms with Crippen molar-refractivity contribution in [3.8, 4) is 0 Å². The molecule has 5 nitrogen and oxygen atoms in total. The molecule has 128 valence electrons. The standard InChI is InChI=1S/C18H24N4OS/c1-11(22(4)18(23)17-12(2)24-13(3)19-17)15-10-16(21-20-15)14-8-6-5-7-9-14/h5-9,11,15-16,20-21H,10H2,1-4H3. The number of rotatable bonds is 4. The summed E-state index contributed by atoms with van der Waals surface area (Å²) in [6.07, 6.45) is 0.942. The minimum Gasteiger partial charge on any atom is -0.336 e. The third kappa shape index (κ3) is 3.36. The van der Waals surface area contributed by atoms with E-state index in [0.717, 1.165) is 16.3 Å². The van der Waals surface area contributed by atoms with Crippen LogP contribution in [0.25, 0.3) is 0 Å². The molecule has 1 amide bonds. The first-order chi connectivity index (χ1) is 11.5. The lowest BCUT2D eigenvalue weighted by Gasteiger charge is -2.29. The van der Waals surface area contributed by atoms with Crippen LogP contribution >= 0.6 is 11.3 Å². The lowest BCUT2D eigenvalue weighted by molar-refractivity contribution is 0.0709. The number of nitrogens with one attached hydrogen (secondary N) is 2. The summed E-state index contributed by atoms with van der Waals surface area (Å²) in [6, 6.07) is 10.9. The monoisotopic (exact) mass is 344 g/mol. The van der Waals surface area contributed by atoms with Crippen molar-refractivity contribution in [1.82, 2.24) is 20.7 Å². The number of benzene rings is 1. The van der Waals surface area contributed by atoms with Crippen LogP contribution in [0.15, 0.2) is 30.3 Å². The highest BCUT2D eigenvalue weighted by Crippen LogP contribution is 2.26. The maximum absolute atomic E-state index is 12.8. The molecule has 2 N–H and O–H groups in total. The van der Waals surface area contributed by atoms with Crippen LogP contribution in [0, 0.1) is 13.8 Å². The average Bonchev–Trinajstić information content (AvgIpc) is 3.20. The summed E-state index contributed by atoms with van der Waals surface area (Å²) < 4.78 is 0. The number of amides is 1. The van der Waals surface area contributed by atoms with Gasteiger partial charge in [-0.2, -0.15) is 0 Å². The van der Waals surface area contributed by atoms with E-state index in [4.69, 9.17) is 0 Å². The molecule has 0 saturated carbocycles. The summed E-state index contributed by atoms with van der Waals surface area (Å²) >= 11 is 1.57. The zero-order valence-corrected chi connectivity index (χ0v) is 15.4. The van der Waals surface area contributed by atoms with Gasteiger partial charge in [0.1, 0.15) is 5.69 Å². The SMILES string of the molecule is Cc1nc(C(=O)N(C)C(C)C2CC(c3ccccc3)NN2)c(C)s1. The molecule has 0 spiro atoms. The van der Waals surface area contributed by atoms with E-state index in [2.05, 4.69) is 47.0 Å². The van der Waals surface area contributed by atoms with Crippen LogP contribution in [-0.4, -0.2) is 34.9 Å². The van der Waals surface area contributed by atoms with Gasteiger partial charge >= 0.3 is 0 Å². The molecule has 1 aromatic heterocycles. The smallest absolute Gasteiger partial charge is 0.273 e. The van der Waals surface area contributed by atoms with E-state index < -0.39 is 0 Å². The fraction of sp³-hybridized carbons (Fsp3) is 0.444. The van der Waals surface area contributed by atoms with Crippen molar-refractivity contribution < 1.29 is 4.79 Å². The zero-order chi connectivity index (χ0) is 17.3. The highest BCUT2D eigenvalue weighted by atomic mass is 32.1. The van der Waals surface area contributed by atoms with Crippen LogP contribution in [0.5, 0.6) is 0 Å². The number of aryl methyl sites for hydroxylation is 2. The number of carbonyl (C=O) groups excluding carboxylic acids is 1. The lowest BCUT2D eigenvalue weighted by atomic mass is 9.98. The Bertz CT molecular complexity index is 715. The first kappa shape index (κ1) is 17.1. The topological polar surface area (TPSA) is 57.3 Å². The van der Waals surface area contributed by atoms with Crippen LogP contribution in [-0.2, 0) is 0 Å². The average molecular weight is 344 g/mol. The predicted molar refractivity (Wildman–Crippen MR) is 97.0 cm³/mol. The fourth-order valence-electron chi connectivity index (χ4n) is 3.15. The second-order valence-electron chi connectivity index (χ2n) is 6.39. The molecule has 1 fully saturated rings. The van der Waals surface area contributed by atoms with Crippen molar-refractivity contribution >= 4 is 17.2 Å². The first-order valence-electron chi connectivity index (χ1n) is 8.24. The molecular formula is C18H24N4OS. The molecule has 1 aliphatic rings. The molecule has 0 radical (unpaired) electrons. The molecule has 24 heavy (non-hydrogen) atoms. The molecule has 1 aliphatic heterocycles. The Morgan fingerprint density at radius 2 is 2.00 bits per heavy atom. The van der Waals surface area contributed by atoms with Gasteiger partial charge in [0.15, 0.2) is 0 Å². The van der Waals surface area contributed by atoms with Gasteiger partial charge in [0.25, 0.3) is 5.91 Å². The Morgan fingerprint density at radius 1 is 1.29 bits per heavy atom. The van der Waals surface area contributed by atoms with Gasteiger partial charge in [-0.25, -0.2) is 10.4 Å². The van der Waals surface area contributed by atoms with Gasteiger partial charge < -0.3 is 4.90 Å². The molecule has 3 rings (SSSR count). The fourth-order valence-corrected chi connectivity index (χ4v) is 3.96. The van der Waals surface area contributed by atoms with E-state index in [9.17, 15) is 4.79 Å². The summed E-state index contributed by atoms with van der Waals surface area (Å²) in [6.45, 7) is 5.97. The summed E-state index contributed by atoms with van der Waals surface area (Å²) in [5, 5.41) is 0.932. The number of likely N-dealkylation sites (N-methyl/N-ethyl adjacent to an activating group) is 1. The number of aromatic nitrogens is 1. The summed E-state index contributed by atoms with van der Waals surface area (Å²) in [5.41, 5.74) is 8.55. The van der Waals surface area contributed by atoms with Crippen molar-refractivity contribution in [2.24, 2.45) is 0 Å². The molecule has 1 saturated heterocycles. The number of carbonyl (C=O) groups is 1. The van der Waals surface area contributed by atoms with Crippen LogP contribution in [0.2, 0.25) is 0 Å². The molecule has 0 aliphatic carbocycles. The van der Waals surface area contributed by atoms with Gasteiger partial charge in [0.05, 0.1) is 5.01 Å². The van der Waals surface area contributed by atoms with E-state index in [1.807, 2.05) is 27.0 Å². The van der Waals surface area contributed by atoms with Gasteiger partial charge in [0, 0.05) is 30.1 Å². The van der Waals surface area contributed by atoms with Gasteiger partial charge in [0.2, 0.25) is 0 Å². The Morgan fingerprint density at radius 3 is 2.62 bits per heavy atom. The van der Waals surface area contributed by atoms with Crippen LogP contribution in [0.1, 0.15) is 45.3 Å². The number of nitrogens with zero attached hydrogens (tertiary/aromatic N) is 2. The van der Waals surface area contributed by atoms with E-state index in [1.165, 1.54) is 5.56 Å². The second-order valence-corrected chi connectivity index (χ2v) is 7.80.